The lowest BCUT2D eigenvalue weighted by molar-refractivity contribution is -0.133. The second-order valence-corrected chi connectivity index (χ2v) is 8.15. The summed E-state index contributed by atoms with van der Waals surface area (Å²) in [5, 5.41) is 7.92. The normalized spacial score (nSPS) is 18.3. The van der Waals surface area contributed by atoms with Crippen molar-refractivity contribution in [1.82, 2.24) is 29.8 Å². The van der Waals surface area contributed by atoms with Gasteiger partial charge in [-0.15, -0.1) is 24.0 Å². The quantitative estimate of drug-likeness (QED) is 0.357. The van der Waals surface area contributed by atoms with Crippen LogP contribution in [0.5, 0.6) is 0 Å². The maximum Gasteiger partial charge on any atom is 0.236 e. The Morgan fingerprint density at radius 2 is 1.70 bits per heavy atom. The predicted octanol–water partition coefficient (Wildman–Crippen LogP) is 1.75. The van der Waals surface area contributed by atoms with Crippen LogP contribution in [-0.2, 0) is 18.4 Å². The molecule has 2 aliphatic heterocycles. The van der Waals surface area contributed by atoms with Gasteiger partial charge in [-0.1, -0.05) is 0 Å². The summed E-state index contributed by atoms with van der Waals surface area (Å²) in [5.74, 6) is 1.25. The van der Waals surface area contributed by atoms with Crippen molar-refractivity contribution in [3.63, 3.8) is 0 Å². The van der Waals surface area contributed by atoms with Gasteiger partial charge in [0.15, 0.2) is 5.96 Å². The monoisotopic (exact) mass is 531 g/mol. The summed E-state index contributed by atoms with van der Waals surface area (Å²) in [6.45, 7) is 13.7. The topological polar surface area (TPSA) is 69.0 Å². The molecule has 9 heteroatoms. The van der Waals surface area contributed by atoms with Gasteiger partial charge in [0.25, 0.3) is 0 Å². The summed E-state index contributed by atoms with van der Waals surface area (Å²) >= 11 is 0. The Balaban J connectivity index is 0.00000320. The van der Waals surface area contributed by atoms with Crippen LogP contribution in [0, 0.1) is 13.8 Å². The molecule has 2 saturated heterocycles. The Morgan fingerprint density at radius 1 is 1.03 bits per heavy atom. The van der Waals surface area contributed by atoms with Crippen molar-refractivity contribution in [3.05, 3.63) is 17.0 Å². The first kappa shape index (κ1) is 24.9. The number of likely N-dealkylation sites (tertiary alicyclic amines) is 1. The van der Waals surface area contributed by atoms with Crippen molar-refractivity contribution in [3.8, 4) is 0 Å². The minimum atomic E-state index is 0. The molecule has 30 heavy (non-hydrogen) atoms. The number of piperidine rings is 1. The van der Waals surface area contributed by atoms with Crippen molar-refractivity contribution in [2.45, 2.75) is 46.6 Å². The molecule has 1 aromatic rings. The van der Waals surface area contributed by atoms with Gasteiger partial charge < -0.3 is 15.1 Å². The standard InChI is InChI=1S/C21H37N7O.HI/c1-5-22-21(23-15-19-17(2)24-25(4)18(19)3)28-13-11-26(12-14-28)16-20(29)27-9-7-6-8-10-27;/h5-16H2,1-4H3,(H,22,23);1H. The molecule has 2 fully saturated rings. The Hall–Kier alpha value is -1.36. The SMILES string of the molecule is CCNC(=NCc1c(C)nn(C)c1C)N1CCN(CC(=O)N2CCCCC2)CC1.I. The van der Waals surface area contributed by atoms with Crippen LogP contribution in [-0.4, -0.2) is 88.7 Å². The third-order valence-electron chi connectivity index (χ3n) is 6.12. The molecule has 3 heterocycles. The fourth-order valence-electron chi connectivity index (χ4n) is 4.18. The van der Waals surface area contributed by atoms with E-state index in [1.807, 2.05) is 23.6 Å². The van der Waals surface area contributed by atoms with Crippen LogP contribution < -0.4 is 5.32 Å². The number of carbonyl (C=O) groups excluding carboxylic acids is 1. The number of aliphatic imine (C=N–C) groups is 1. The lowest BCUT2D eigenvalue weighted by atomic mass is 10.1. The van der Waals surface area contributed by atoms with E-state index in [0.29, 0.717) is 19.0 Å². The number of piperazine rings is 1. The highest BCUT2D eigenvalue weighted by Gasteiger charge is 2.24. The maximum absolute atomic E-state index is 12.5. The number of carbonyl (C=O) groups is 1. The van der Waals surface area contributed by atoms with Gasteiger partial charge >= 0.3 is 0 Å². The van der Waals surface area contributed by atoms with Crippen LogP contribution in [0.3, 0.4) is 0 Å². The molecule has 0 saturated carbocycles. The number of halogens is 1. The molecule has 1 amide bonds. The largest absolute Gasteiger partial charge is 0.357 e. The molecule has 1 N–H and O–H groups in total. The highest BCUT2D eigenvalue weighted by Crippen LogP contribution is 2.14. The van der Waals surface area contributed by atoms with Gasteiger partial charge in [-0.05, 0) is 40.0 Å². The molecular weight excluding hydrogens is 493 g/mol. The minimum Gasteiger partial charge on any atom is -0.357 e. The summed E-state index contributed by atoms with van der Waals surface area (Å²) in [7, 11) is 1.98. The van der Waals surface area contributed by atoms with E-state index >= 15 is 0 Å². The molecule has 0 atom stereocenters. The van der Waals surface area contributed by atoms with E-state index in [1.54, 1.807) is 0 Å². The van der Waals surface area contributed by atoms with Crippen LogP contribution in [0.25, 0.3) is 0 Å². The van der Waals surface area contributed by atoms with Gasteiger partial charge in [-0.2, -0.15) is 5.10 Å². The molecular formula is C21H38IN7O. The summed E-state index contributed by atoms with van der Waals surface area (Å²) in [5.41, 5.74) is 3.42. The lowest BCUT2D eigenvalue weighted by Crippen LogP contribution is -2.54. The van der Waals surface area contributed by atoms with Crippen molar-refractivity contribution >= 4 is 35.8 Å². The van der Waals surface area contributed by atoms with Gasteiger partial charge in [0.2, 0.25) is 5.91 Å². The molecule has 0 aliphatic carbocycles. The molecule has 0 spiro atoms. The molecule has 170 valence electrons. The second kappa shape index (κ2) is 11.9. The van der Waals surface area contributed by atoms with Crippen LogP contribution in [0.2, 0.25) is 0 Å². The van der Waals surface area contributed by atoms with Gasteiger partial charge in [0, 0.05) is 64.1 Å². The van der Waals surface area contributed by atoms with Gasteiger partial charge in [-0.3, -0.25) is 14.4 Å². The van der Waals surface area contributed by atoms with Crippen LogP contribution >= 0.6 is 24.0 Å². The molecule has 0 radical (unpaired) electrons. The van der Waals surface area contributed by atoms with E-state index in [-0.39, 0.29) is 24.0 Å². The van der Waals surface area contributed by atoms with Gasteiger partial charge in [0.1, 0.15) is 0 Å². The first-order chi connectivity index (χ1) is 14.0. The van der Waals surface area contributed by atoms with Crippen LogP contribution in [0.4, 0.5) is 0 Å². The third-order valence-corrected chi connectivity index (χ3v) is 6.12. The molecule has 2 aliphatic rings. The average Bonchev–Trinajstić information content (AvgIpc) is 2.98. The van der Waals surface area contributed by atoms with Crippen molar-refractivity contribution in [2.75, 3.05) is 52.4 Å². The highest BCUT2D eigenvalue weighted by atomic mass is 127. The smallest absolute Gasteiger partial charge is 0.236 e. The third kappa shape index (κ3) is 6.32. The van der Waals surface area contributed by atoms with E-state index in [2.05, 4.69) is 34.1 Å². The summed E-state index contributed by atoms with van der Waals surface area (Å²) in [4.78, 5) is 24.1. The van der Waals surface area contributed by atoms with E-state index in [0.717, 1.165) is 70.3 Å². The molecule has 0 unspecified atom stereocenters. The van der Waals surface area contributed by atoms with E-state index in [1.165, 1.54) is 17.7 Å². The first-order valence-electron chi connectivity index (χ1n) is 11.0. The Kier molecular flexibility index (Phi) is 9.86. The predicted molar refractivity (Wildman–Crippen MR) is 131 cm³/mol. The minimum absolute atomic E-state index is 0. The zero-order chi connectivity index (χ0) is 20.8. The number of nitrogens with zero attached hydrogens (tertiary/aromatic N) is 6. The number of hydrogen-bond donors (Lipinski definition) is 1. The zero-order valence-electron chi connectivity index (χ0n) is 19.0. The van der Waals surface area contributed by atoms with Gasteiger partial charge in [-0.25, -0.2) is 4.99 Å². The lowest BCUT2D eigenvalue weighted by Gasteiger charge is -2.37. The molecule has 0 bridgehead atoms. The van der Waals surface area contributed by atoms with Crippen molar-refractivity contribution in [2.24, 2.45) is 12.0 Å². The van der Waals surface area contributed by atoms with Crippen molar-refractivity contribution in [1.29, 1.82) is 0 Å². The van der Waals surface area contributed by atoms with E-state index in [4.69, 9.17) is 4.99 Å². The number of nitrogens with one attached hydrogen (secondary N) is 1. The first-order valence-corrected chi connectivity index (χ1v) is 11.0. The number of hydrogen-bond acceptors (Lipinski definition) is 4. The molecule has 8 nitrogen and oxygen atoms in total. The average molecular weight is 531 g/mol. The summed E-state index contributed by atoms with van der Waals surface area (Å²) in [6, 6.07) is 0. The number of guanidine groups is 1. The zero-order valence-corrected chi connectivity index (χ0v) is 21.3. The Bertz CT molecular complexity index is 719. The second-order valence-electron chi connectivity index (χ2n) is 8.15. The number of aryl methyl sites for hydroxylation is 2. The summed E-state index contributed by atoms with van der Waals surface area (Å²) in [6.07, 6.45) is 3.56. The van der Waals surface area contributed by atoms with E-state index < -0.39 is 0 Å². The highest BCUT2D eigenvalue weighted by molar-refractivity contribution is 14.0. The Morgan fingerprint density at radius 3 is 2.27 bits per heavy atom. The van der Waals surface area contributed by atoms with Crippen molar-refractivity contribution < 1.29 is 4.79 Å². The molecule has 3 rings (SSSR count). The van der Waals surface area contributed by atoms with Crippen LogP contribution in [0.1, 0.15) is 43.1 Å². The fourth-order valence-corrected chi connectivity index (χ4v) is 4.18. The molecule has 0 aromatic carbocycles. The van der Waals surface area contributed by atoms with Gasteiger partial charge in [0.05, 0.1) is 18.8 Å². The number of rotatable bonds is 5. The van der Waals surface area contributed by atoms with Crippen LogP contribution in [0.15, 0.2) is 4.99 Å². The number of aromatic nitrogens is 2. The number of amides is 1. The fraction of sp³-hybridized carbons (Fsp3) is 0.762. The summed E-state index contributed by atoms with van der Waals surface area (Å²) < 4.78 is 1.92. The Labute approximate surface area is 198 Å². The van der Waals surface area contributed by atoms with E-state index in [9.17, 15) is 4.79 Å². The maximum atomic E-state index is 12.5. The molecule has 1 aromatic heterocycles.